The van der Waals surface area contributed by atoms with Crippen molar-refractivity contribution in [3.8, 4) is 16.9 Å². The van der Waals surface area contributed by atoms with Crippen LogP contribution in [0.25, 0.3) is 22.1 Å². The van der Waals surface area contributed by atoms with Gasteiger partial charge in [0, 0.05) is 11.6 Å². The Kier molecular flexibility index (Phi) is 3.96. The predicted octanol–water partition coefficient (Wildman–Crippen LogP) is 4.56. The fourth-order valence-electron chi connectivity index (χ4n) is 2.57. The highest BCUT2D eigenvalue weighted by atomic mass is 16.5. The second-order valence-electron chi connectivity index (χ2n) is 5.33. The summed E-state index contributed by atoms with van der Waals surface area (Å²) in [5.41, 5.74) is 3.05. The third kappa shape index (κ3) is 2.75. The molecule has 0 saturated carbocycles. The Morgan fingerprint density at radius 2 is 1.86 bits per heavy atom. The van der Waals surface area contributed by atoms with Gasteiger partial charge in [-0.3, -0.25) is 0 Å². The minimum atomic E-state index is -0.349. The second-order valence-corrected chi connectivity index (χ2v) is 5.33. The highest BCUT2D eigenvalue weighted by Gasteiger charge is 2.13. The maximum atomic E-state index is 11.9. The Balaban J connectivity index is 2.33. The van der Waals surface area contributed by atoms with Crippen molar-refractivity contribution in [1.29, 1.82) is 0 Å². The van der Waals surface area contributed by atoms with E-state index >= 15 is 0 Å². The number of hydrogen-bond acceptors (Lipinski definition) is 3. The molecule has 3 rings (SSSR count). The van der Waals surface area contributed by atoms with Crippen molar-refractivity contribution in [2.75, 3.05) is 6.61 Å². The van der Waals surface area contributed by atoms with Crippen molar-refractivity contribution in [2.45, 2.75) is 20.3 Å². The van der Waals surface area contributed by atoms with Crippen LogP contribution in [0.4, 0.5) is 0 Å². The first-order valence-corrected chi connectivity index (χ1v) is 7.46. The van der Waals surface area contributed by atoms with Crippen molar-refractivity contribution in [2.24, 2.45) is 0 Å². The van der Waals surface area contributed by atoms with Crippen molar-refractivity contribution >= 4 is 11.0 Å². The molecular weight excluding hydrogens is 276 g/mol. The van der Waals surface area contributed by atoms with E-state index in [2.05, 4.69) is 6.92 Å². The largest absolute Gasteiger partial charge is 0.493 e. The summed E-state index contributed by atoms with van der Waals surface area (Å²) in [6.45, 7) is 4.66. The first kappa shape index (κ1) is 14.4. The molecule has 112 valence electrons. The highest BCUT2D eigenvalue weighted by molar-refractivity contribution is 5.98. The zero-order valence-corrected chi connectivity index (χ0v) is 12.8. The van der Waals surface area contributed by atoms with E-state index in [9.17, 15) is 4.79 Å². The molecule has 0 aliphatic carbocycles. The van der Waals surface area contributed by atoms with Gasteiger partial charge in [0.25, 0.3) is 0 Å². The number of aryl methyl sites for hydroxylation is 1. The summed E-state index contributed by atoms with van der Waals surface area (Å²) in [4.78, 5) is 11.9. The van der Waals surface area contributed by atoms with Crippen LogP contribution < -0.4 is 10.4 Å². The van der Waals surface area contributed by atoms with Gasteiger partial charge in [0.2, 0.25) is 0 Å². The number of rotatable bonds is 4. The van der Waals surface area contributed by atoms with E-state index in [-0.39, 0.29) is 5.63 Å². The van der Waals surface area contributed by atoms with Crippen LogP contribution in [0.15, 0.2) is 57.7 Å². The fraction of sp³-hybridized carbons (Fsp3) is 0.211. The molecule has 0 bridgehead atoms. The minimum absolute atomic E-state index is 0.349. The first-order valence-electron chi connectivity index (χ1n) is 7.46. The van der Waals surface area contributed by atoms with E-state index in [0.717, 1.165) is 34.2 Å². The molecular formula is C19H18O3. The van der Waals surface area contributed by atoms with E-state index < -0.39 is 0 Å². The molecule has 0 atom stereocenters. The SMILES string of the molecule is CCCOc1cc(C)cc2oc(=O)cc(-c3ccccc3)c12. The lowest BCUT2D eigenvalue weighted by atomic mass is 10.0. The van der Waals surface area contributed by atoms with Crippen LogP contribution in [0.1, 0.15) is 18.9 Å². The van der Waals surface area contributed by atoms with Crippen molar-refractivity contribution in [3.05, 3.63) is 64.5 Å². The van der Waals surface area contributed by atoms with Crippen LogP contribution in [-0.2, 0) is 0 Å². The van der Waals surface area contributed by atoms with E-state index in [4.69, 9.17) is 9.15 Å². The second kappa shape index (κ2) is 6.06. The van der Waals surface area contributed by atoms with Crippen LogP contribution in [0.2, 0.25) is 0 Å². The molecule has 0 spiro atoms. The van der Waals surface area contributed by atoms with E-state index in [1.54, 1.807) is 0 Å². The van der Waals surface area contributed by atoms with Crippen molar-refractivity contribution < 1.29 is 9.15 Å². The van der Waals surface area contributed by atoms with Gasteiger partial charge in [-0.15, -0.1) is 0 Å². The molecule has 0 aliphatic rings. The summed E-state index contributed by atoms with van der Waals surface area (Å²) in [5.74, 6) is 0.763. The molecule has 0 aliphatic heterocycles. The topological polar surface area (TPSA) is 39.4 Å². The van der Waals surface area contributed by atoms with Gasteiger partial charge in [0.1, 0.15) is 11.3 Å². The van der Waals surface area contributed by atoms with Crippen LogP contribution in [-0.4, -0.2) is 6.61 Å². The summed E-state index contributed by atoms with van der Waals surface area (Å²) in [6, 6.07) is 15.2. The summed E-state index contributed by atoms with van der Waals surface area (Å²) in [6.07, 6.45) is 0.923. The van der Waals surface area contributed by atoms with Crippen LogP contribution in [0, 0.1) is 6.92 Å². The Bertz CT molecular complexity index is 848. The highest BCUT2D eigenvalue weighted by Crippen LogP contribution is 2.35. The maximum Gasteiger partial charge on any atom is 0.336 e. The molecule has 0 fully saturated rings. The predicted molar refractivity (Wildman–Crippen MR) is 88.4 cm³/mol. The van der Waals surface area contributed by atoms with Gasteiger partial charge in [-0.2, -0.15) is 0 Å². The number of ether oxygens (including phenoxy) is 1. The zero-order valence-electron chi connectivity index (χ0n) is 12.8. The minimum Gasteiger partial charge on any atom is -0.493 e. The van der Waals surface area contributed by atoms with Crippen LogP contribution in [0.3, 0.4) is 0 Å². The van der Waals surface area contributed by atoms with Crippen molar-refractivity contribution in [3.63, 3.8) is 0 Å². The standard InChI is InChI=1S/C19H18O3/c1-3-9-21-16-10-13(2)11-17-19(16)15(12-18(20)22-17)14-7-5-4-6-8-14/h4-8,10-12H,3,9H2,1-2H3. The van der Waals surface area contributed by atoms with Crippen molar-refractivity contribution in [1.82, 2.24) is 0 Å². The Hall–Kier alpha value is -2.55. The van der Waals surface area contributed by atoms with Crippen LogP contribution in [0.5, 0.6) is 5.75 Å². The molecule has 0 saturated heterocycles. The van der Waals surface area contributed by atoms with Gasteiger partial charge >= 0.3 is 5.63 Å². The third-order valence-electron chi connectivity index (χ3n) is 3.50. The van der Waals surface area contributed by atoms with Gasteiger partial charge in [-0.25, -0.2) is 4.79 Å². The first-order chi connectivity index (χ1) is 10.7. The Morgan fingerprint density at radius 3 is 2.59 bits per heavy atom. The van der Waals surface area contributed by atoms with E-state index in [1.807, 2.05) is 49.4 Å². The molecule has 3 aromatic rings. The van der Waals surface area contributed by atoms with Gasteiger partial charge in [0.15, 0.2) is 0 Å². The maximum absolute atomic E-state index is 11.9. The summed E-state index contributed by atoms with van der Waals surface area (Å²) in [7, 11) is 0. The van der Waals surface area contributed by atoms with E-state index in [0.29, 0.717) is 12.2 Å². The molecule has 1 heterocycles. The molecule has 3 heteroatoms. The average Bonchev–Trinajstić information content (AvgIpc) is 2.52. The Morgan fingerprint density at radius 1 is 1.09 bits per heavy atom. The molecule has 22 heavy (non-hydrogen) atoms. The van der Waals surface area contributed by atoms with Gasteiger partial charge < -0.3 is 9.15 Å². The lowest BCUT2D eigenvalue weighted by Gasteiger charge is -2.13. The molecule has 2 aromatic carbocycles. The molecule has 0 N–H and O–H groups in total. The number of benzene rings is 2. The lowest BCUT2D eigenvalue weighted by molar-refractivity contribution is 0.320. The quantitative estimate of drug-likeness (QED) is 0.662. The van der Waals surface area contributed by atoms with Gasteiger partial charge in [0.05, 0.1) is 12.0 Å². The van der Waals surface area contributed by atoms with Gasteiger partial charge in [-0.05, 0) is 36.6 Å². The molecule has 0 radical (unpaired) electrons. The van der Waals surface area contributed by atoms with Gasteiger partial charge in [-0.1, -0.05) is 37.3 Å². The van der Waals surface area contributed by atoms with E-state index in [1.165, 1.54) is 6.07 Å². The monoisotopic (exact) mass is 294 g/mol. The normalized spacial score (nSPS) is 10.8. The van der Waals surface area contributed by atoms with Crippen LogP contribution >= 0.6 is 0 Å². The average molecular weight is 294 g/mol. The molecule has 0 amide bonds. The summed E-state index contributed by atoms with van der Waals surface area (Å²) < 4.78 is 11.3. The lowest BCUT2D eigenvalue weighted by Crippen LogP contribution is -2.02. The fourth-order valence-corrected chi connectivity index (χ4v) is 2.57. The summed E-state index contributed by atoms with van der Waals surface area (Å²) >= 11 is 0. The smallest absolute Gasteiger partial charge is 0.336 e. The summed E-state index contributed by atoms with van der Waals surface area (Å²) in [5, 5.41) is 0.852. The zero-order chi connectivity index (χ0) is 15.5. The molecule has 3 nitrogen and oxygen atoms in total. The molecule has 0 unspecified atom stereocenters. The molecule has 1 aromatic heterocycles. The number of hydrogen-bond donors (Lipinski definition) is 0. The third-order valence-corrected chi connectivity index (χ3v) is 3.50. The number of fused-ring (bicyclic) bond motifs is 1. The Labute approximate surface area is 129 Å².